The quantitative estimate of drug-likeness (QED) is 0.832. The Balaban J connectivity index is 1.75. The first kappa shape index (κ1) is 18.6. The first-order valence-corrected chi connectivity index (χ1v) is 11.1. The van der Waals surface area contributed by atoms with Gasteiger partial charge in [-0.15, -0.1) is 0 Å². The third kappa shape index (κ3) is 2.05. The average Bonchev–Trinajstić information content (AvgIpc) is 3.26. The highest BCUT2D eigenvalue weighted by Crippen LogP contribution is 2.67. The van der Waals surface area contributed by atoms with Gasteiger partial charge in [-0.2, -0.15) is 0 Å². The molecule has 4 aliphatic rings. The number of aliphatic hydroxyl groups excluding tert-OH is 1. The number of hydrogen-bond donors (Lipinski definition) is 2. The van der Waals surface area contributed by atoms with Crippen LogP contribution >= 0.6 is 0 Å². The molecule has 3 fully saturated rings. The van der Waals surface area contributed by atoms with Gasteiger partial charge >= 0.3 is 0 Å². The Morgan fingerprint density at radius 1 is 1.25 bits per heavy atom. The first-order chi connectivity index (χ1) is 13.5. The van der Waals surface area contributed by atoms with Crippen LogP contribution in [0, 0.1) is 5.41 Å². The van der Waals surface area contributed by atoms with Crippen LogP contribution in [0.1, 0.15) is 57.9 Å². The molecule has 2 saturated heterocycles. The maximum absolute atomic E-state index is 11.2. The van der Waals surface area contributed by atoms with Gasteiger partial charge in [-0.1, -0.05) is 13.0 Å². The number of ether oxygens (including phenoxy) is 1. The molecule has 5 nitrogen and oxygen atoms in total. The average molecular weight is 387 g/mol. The molecule has 0 amide bonds. The van der Waals surface area contributed by atoms with Gasteiger partial charge in [0, 0.05) is 23.5 Å². The molecule has 1 aromatic carbocycles. The molecule has 5 unspecified atom stereocenters. The molecule has 28 heavy (non-hydrogen) atoms. The van der Waals surface area contributed by atoms with Crippen molar-refractivity contribution in [1.29, 1.82) is 0 Å². The van der Waals surface area contributed by atoms with Crippen molar-refractivity contribution in [3.63, 3.8) is 0 Å². The Kier molecular flexibility index (Phi) is 4.15. The topological polar surface area (TPSA) is 56.2 Å². The molecule has 5 rings (SSSR count). The van der Waals surface area contributed by atoms with Crippen LogP contribution in [-0.4, -0.2) is 60.0 Å². The zero-order valence-electron chi connectivity index (χ0n) is 17.4. The maximum atomic E-state index is 11.2. The largest absolute Gasteiger partial charge is 0.503 e. The number of fused-ring (bicyclic) bond motifs is 1. The van der Waals surface area contributed by atoms with Crippen LogP contribution in [0.5, 0.6) is 11.5 Å². The van der Waals surface area contributed by atoms with E-state index in [0.717, 1.165) is 25.1 Å². The fourth-order valence-electron chi connectivity index (χ4n) is 7.69. The van der Waals surface area contributed by atoms with E-state index in [-0.39, 0.29) is 23.8 Å². The fraction of sp³-hybridized carbons (Fsp3) is 0.739. The molecule has 1 aliphatic carbocycles. The van der Waals surface area contributed by atoms with Crippen LogP contribution < -0.4 is 9.64 Å². The summed E-state index contributed by atoms with van der Waals surface area (Å²) in [7, 11) is 1.61. The standard InChI is InChI=1S/C23H34N2O3/c1-4-22-9-5-12-24-13-11-23(21(22)24)16-6-7-17(28-3)20(27)19(16)25(15(2)14-26)18(23)8-10-22/h6-7,15,18,21,26-27H,4-5,8-14H2,1-3H3. The highest BCUT2D eigenvalue weighted by Gasteiger charge is 2.68. The number of phenolic OH excluding ortho intramolecular Hbond substituents is 1. The molecule has 0 bridgehead atoms. The van der Waals surface area contributed by atoms with Crippen LogP contribution in [0.3, 0.4) is 0 Å². The lowest BCUT2D eigenvalue weighted by atomic mass is 9.52. The Morgan fingerprint density at radius 2 is 2.07 bits per heavy atom. The molecule has 154 valence electrons. The van der Waals surface area contributed by atoms with Gasteiger partial charge in [0.2, 0.25) is 0 Å². The van der Waals surface area contributed by atoms with E-state index < -0.39 is 0 Å². The summed E-state index contributed by atoms with van der Waals surface area (Å²) in [6, 6.07) is 5.03. The number of piperidine rings is 1. The normalized spacial score (nSPS) is 37.4. The van der Waals surface area contributed by atoms with Gasteiger partial charge in [-0.25, -0.2) is 0 Å². The minimum Gasteiger partial charge on any atom is -0.503 e. The van der Waals surface area contributed by atoms with E-state index in [9.17, 15) is 10.2 Å². The van der Waals surface area contributed by atoms with Crippen molar-refractivity contribution in [2.75, 3.05) is 31.7 Å². The molecular formula is C23H34N2O3. The smallest absolute Gasteiger partial charge is 0.181 e. The van der Waals surface area contributed by atoms with Crippen LogP contribution in [0.4, 0.5) is 5.69 Å². The Bertz CT molecular complexity index is 783. The summed E-state index contributed by atoms with van der Waals surface area (Å²) in [5.41, 5.74) is 2.65. The number of rotatable bonds is 4. The lowest BCUT2D eigenvalue weighted by Gasteiger charge is -2.59. The number of methoxy groups -OCH3 is 1. The maximum Gasteiger partial charge on any atom is 0.181 e. The highest BCUT2D eigenvalue weighted by atomic mass is 16.5. The van der Waals surface area contributed by atoms with Crippen molar-refractivity contribution in [1.82, 2.24) is 4.90 Å². The number of anilines is 1. The number of benzene rings is 1. The van der Waals surface area contributed by atoms with E-state index >= 15 is 0 Å². The highest BCUT2D eigenvalue weighted by molar-refractivity contribution is 5.77. The summed E-state index contributed by atoms with van der Waals surface area (Å²) in [4.78, 5) is 5.11. The number of phenols is 1. The molecule has 1 saturated carbocycles. The Labute approximate surface area is 168 Å². The van der Waals surface area contributed by atoms with Crippen LogP contribution in [0.15, 0.2) is 12.1 Å². The van der Waals surface area contributed by atoms with Crippen molar-refractivity contribution < 1.29 is 14.9 Å². The van der Waals surface area contributed by atoms with Gasteiger partial charge in [-0.3, -0.25) is 4.90 Å². The number of hydrogen-bond acceptors (Lipinski definition) is 5. The second-order valence-corrected chi connectivity index (χ2v) is 9.55. The third-order valence-electron chi connectivity index (χ3n) is 8.75. The second-order valence-electron chi connectivity index (χ2n) is 9.55. The summed E-state index contributed by atoms with van der Waals surface area (Å²) in [6.07, 6.45) is 7.40. The molecule has 0 radical (unpaired) electrons. The van der Waals surface area contributed by atoms with E-state index in [2.05, 4.69) is 29.7 Å². The summed E-state index contributed by atoms with van der Waals surface area (Å²) < 4.78 is 5.46. The fourth-order valence-corrected chi connectivity index (χ4v) is 7.69. The Morgan fingerprint density at radius 3 is 2.79 bits per heavy atom. The minimum absolute atomic E-state index is 0.0205. The summed E-state index contributed by atoms with van der Waals surface area (Å²) in [6.45, 7) is 6.91. The van der Waals surface area contributed by atoms with Gasteiger partial charge < -0.3 is 19.8 Å². The van der Waals surface area contributed by atoms with Crippen molar-refractivity contribution >= 4 is 5.69 Å². The van der Waals surface area contributed by atoms with E-state index in [1.165, 1.54) is 37.8 Å². The molecule has 3 heterocycles. The van der Waals surface area contributed by atoms with Gasteiger partial charge in [-0.05, 0) is 75.6 Å². The van der Waals surface area contributed by atoms with E-state index in [0.29, 0.717) is 23.2 Å². The van der Waals surface area contributed by atoms with E-state index in [4.69, 9.17) is 4.74 Å². The first-order valence-electron chi connectivity index (χ1n) is 11.1. The monoisotopic (exact) mass is 386 g/mol. The molecule has 3 aliphatic heterocycles. The van der Waals surface area contributed by atoms with E-state index in [1.54, 1.807) is 7.11 Å². The second kappa shape index (κ2) is 6.27. The van der Waals surface area contributed by atoms with Crippen molar-refractivity contribution in [2.24, 2.45) is 5.41 Å². The van der Waals surface area contributed by atoms with Gasteiger partial charge in [0.25, 0.3) is 0 Å². The predicted octanol–water partition coefficient (Wildman–Crippen LogP) is 3.27. The summed E-state index contributed by atoms with van der Waals surface area (Å²) >= 11 is 0. The van der Waals surface area contributed by atoms with E-state index in [1.807, 2.05) is 6.07 Å². The van der Waals surface area contributed by atoms with Crippen molar-refractivity contribution in [3.8, 4) is 11.5 Å². The molecular weight excluding hydrogens is 352 g/mol. The van der Waals surface area contributed by atoms with Gasteiger partial charge in [0.15, 0.2) is 11.5 Å². The Hall–Kier alpha value is -1.46. The van der Waals surface area contributed by atoms with Gasteiger partial charge in [0.1, 0.15) is 0 Å². The summed E-state index contributed by atoms with van der Waals surface area (Å²) in [5, 5.41) is 21.2. The van der Waals surface area contributed by atoms with Gasteiger partial charge in [0.05, 0.1) is 19.4 Å². The molecule has 0 aromatic heterocycles. The van der Waals surface area contributed by atoms with Crippen LogP contribution in [-0.2, 0) is 5.41 Å². The van der Waals surface area contributed by atoms with Crippen molar-refractivity contribution in [2.45, 2.75) is 75.9 Å². The van der Waals surface area contributed by atoms with Crippen LogP contribution in [0.25, 0.3) is 0 Å². The zero-order valence-corrected chi connectivity index (χ0v) is 17.4. The minimum atomic E-state index is -0.0205. The van der Waals surface area contributed by atoms with Crippen LogP contribution in [0.2, 0.25) is 0 Å². The third-order valence-corrected chi connectivity index (χ3v) is 8.75. The lowest BCUT2D eigenvalue weighted by Crippen LogP contribution is -2.65. The lowest BCUT2D eigenvalue weighted by molar-refractivity contribution is -0.0353. The molecule has 5 atom stereocenters. The summed E-state index contributed by atoms with van der Waals surface area (Å²) in [5.74, 6) is 0.782. The van der Waals surface area contributed by atoms with Crippen molar-refractivity contribution in [3.05, 3.63) is 17.7 Å². The SMILES string of the molecule is CCC12CCCN3CCC4(c5ccc(OC)c(O)c5N(C(C)CO)C4CC1)C32. The number of aliphatic hydroxyl groups is 1. The number of nitrogens with zero attached hydrogens (tertiary/aromatic N) is 2. The predicted molar refractivity (Wildman–Crippen MR) is 110 cm³/mol. The number of aromatic hydroxyl groups is 1. The molecule has 1 aromatic rings. The molecule has 1 spiro atoms. The molecule has 2 N–H and O–H groups in total. The molecule has 5 heteroatoms. The zero-order chi connectivity index (χ0) is 19.7.